The van der Waals surface area contributed by atoms with E-state index in [9.17, 15) is 0 Å². The summed E-state index contributed by atoms with van der Waals surface area (Å²) >= 11 is 0. The molecule has 3 rings (SSSR count). The molecule has 0 aliphatic heterocycles. The van der Waals surface area contributed by atoms with Gasteiger partial charge in [-0.1, -0.05) is 19.3 Å². The number of aryl methyl sites for hydroxylation is 3. The van der Waals surface area contributed by atoms with Gasteiger partial charge < -0.3 is 19.6 Å². The highest BCUT2D eigenvalue weighted by molar-refractivity contribution is 14.0. The number of nitrogens with zero attached hydrogens (tertiary/aromatic N) is 5. The molecule has 0 aromatic carbocycles. The Morgan fingerprint density at radius 1 is 1.19 bits per heavy atom. The summed E-state index contributed by atoms with van der Waals surface area (Å²) in [6.07, 6.45) is 6.23. The van der Waals surface area contributed by atoms with E-state index in [1.165, 1.54) is 32.1 Å². The van der Waals surface area contributed by atoms with E-state index in [-0.39, 0.29) is 24.0 Å². The Morgan fingerprint density at radius 2 is 1.93 bits per heavy atom. The Hall–Kier alpha value is -1.65. The average molecular weight is 487 g/mol. The quantitative estimate of drug-likeness (QED) is 0.383. The van der Waals surface area contributed by atoms with Gasteiger partial charge in [-0.05, 0) is 33.6 Å². The minimum atomic E-state index is 0. The van der Waals surface area contributed by atoms with Crippen LogP contribution in [0, 0.1) is 20.8 Å². The Morgan fingerprint density at radius 3 is 2.52 bits per heavy atom. The molecule has 27 heavy (non-hydrogen) atoms. The molecular formula is C18H30IN7O. The number of hydrogen-bond donors (Lipinski definition) is 2. The molecule has 0 atom stereocenters. The number of guanidine groups is 1. The van der Waals surface area contributed by atoms with Gasteiger partial charge in [-0.15, -0.1) is 34.2 Å². The summed E-state index contributed by atoms with van der Waals surface area (Å²) in [6.45, 7) is 6.80. The molecule has 0 spiro atoms. The number of aliphatic imine (C=N–C) groups is 1. The fraction of sp³-hybridized carbons (Fsp3) is 0.667. The molecule has 1 aliphatic rings. The fourth-order valence-electron chi connectivity index (χ4n) is 3.11. The molecule has 2 aromatic heterocycles. The predicted octanol–water partition coefficient (Wildman–Crippen LogP) is 2.91. The zero-order valence-corrected chi connectivity index (χ0v) is 18.9. The number of nitrogens with one attached hydrogen (secondary N) is 2. The second-order valence-electron chi connectivity index (χ2n) is 6.97. The number of halogens is 1. The van der Waals surface area contributed by atoms with Crippen molar-refractivity contribution in [2.45, 2.75) is 72.0 Å². The zero-order valence-electron chi connectivity index (χ0n) is 16.6. The van der Waals surface area contributed by atoms with Crippen molar-refractivity contribution in [2.75, 3.05) is 0 Å². The highest BCUT2D eigenvalue weighted by Gasteiger charge is 2.16. The molecule has 1 fully saturated rings. The molecule has 2 N–H and O–H groups in total. The molecule has 0 radical (unpaired) electrons. The standard InChI is InChI=1S/C18H29N7O.HI/c1-12-13(2)26-17(21-12)11-20-18(22-15-8-6-5-7-9-15)19-10-16-24-23-14(3)25(16)4;/h15H,5-11H2,1-4H3,(H2,19,20,22);1H. The van der Waals surface area contributed by atoms with E-state index in [4.69, 9.17) is 9.41 Å². The lowest BCUT2D eigenvalue weighted by molar-refractivity contribution is 0.407. The van der Waals surface area contributed by atoms with Gasteiger partial charge in [-0.25, -0.2) is 9.98 Å². The van der Waals surface area contributed by atoms with E-state index >= 15 is 0 Å². The fourth-order valence-corrected chi connectivity index (χ4v) is 3.11. The summed E-state index contributed by atoms with van der Waals surface area (Å²) in [6, 6.07) is 0.462. The van der Waals surface area contributed by atoms with Crippen molar-refractivity contribution in [3.05, 3.63) is 29.0 Å². The van der Waals surface area contributed by atoms with E-state index < -0.39 is 0 Å². The molecule has 0 amide bonds. The first kappa shape index (κ1) is 21.6. The van der Waals surface area contributed by atoms with Gasteiger partial charge in [0.15, 0.2) is 11.8 Å². The van der Waals surface area contributed by atoms with Crippen molar-refractivity contribution in [3.63, 3.8) is 0 Å². The molecule has 2 aromatic rings. The monoisotopic (exact) mass is 487 g/mol. The molecule has 9 heteroatoms. The third kappa shape index (κ3) is 5.91. The van der Waals surface area contributed by atoms with Crippen LogP contribution in [0.15, 0.2) is 9.41 Å². The van der Waals surface area contributed by atoms with Crippen molar-refractivity contribution in [1.29, 1.82) is 0 Å². The molecule has 0 bridgehead atoms. The summed E-state index contributed by atoms with van der Waals surface area (Å²) in [5.74, 6) is 4.03. The maximum Gasteiger partial charge on any atom is 0.214 e. The van der Waals surface area contributed by atoms with Gasteiger partial charge in [0.25, 0.3) is 0 Å². The molecule has 2 heterocycles. The first-order valence-corrected chi connectivity index (χ1v) is 9.35. The number of rotatable bonds is 5. The Balaban J connectivity index is 0.00000261. The van der Waals surface area contributed by atoms with Crippen LogP contribution >= 0.6 is 24.0 Å². The highest BCUT2D eigenvalue weighted by atomic mass is 127. The normalized spacial score (nSPS) is 15.5. The van der Waals surface area contributed by atoms with Crippen LogP contribution in [0.4, 0.5) is 0 Å². The first-order valence-electron chi connectivity index (χ1n) is 9.35. The Bertz CT molecular complexity index is 742. The molecule has 150 valence electrons. The first-order chi connectivity index (χ1) is 12.5. The Kier molecular flexibility index (Phi) is 8.06. The van der Waals surface area contributed by atoms with Crippen LogP contribution in [0.25, 0.3) is 0 Å². The van der Waals surface area contributed by atoms with E-state index in [0.29, 0.717) is 25.0 Å². The zero-order chi connectivity index (χ0) is 18.5. The van der Waals surface area contributed by atoms with Crippen molar-refractivity contribution in [2.24, 2.45) is 12.0 Å². The summed E-state index contributed by atoms with van der Waals surface area (Å²) in [5.41, 5.74) is 0.926. The van der Waals surface area contributed by atoms with Crippen LogP contribution in [-0.4, -0.2) is 31.7 Å². The summed E-state index contributed by atoms with van der Waals surface area (Å²) in [4.78, 5) is 9.13. The van der Waals surface area contributed by atoms with Crippen molar-refractivity contribution >= 4 is 29.9 Å². The second-order valence-corrected chi connectivity index (χ2v) is 6.97. The number of aromatic nitrogens is 4. The minimum absolute atomic E-state index is 0. The Labute approximate surface area is 177 Å². The molecular weight excluding hydrogens is 457 g/mol. The molecule has 1 aliphatic carbocycles. The van der Waals surface area contributed by atoms with Crippen molar-refractivity contribution in [1.82, 2.24) is 30.4 Å². The minimum Gasteiger partial charge on any atom is -0.444 e. The van der Waals surface area contributed by atoms with Crippen LogP contribution < -0.4 is 10.6 Å². The van der Waals surface area contributed by atoms with Gasteiger partial charge in [0.1, 0.15) is 18.1 Å². The average Bonchev–Trinajstić information content (AvgIpc) is 3.13. The third-order valence-corrected chi connectivity index (χ3v) is 4.99. The lowest BCUT2D eigenvalue weighted by atomic mass is 9.96. The van der Waals surface area contributed by atoms with Gasteiger partial charge >= 0.3 is 0 Å². The molecule has 0 unspecified atom stereocenters. The van der Waals surface area contributed by atoms with Crippen LogP contribution in [0.3, 0.4) is 0 Å². The van der Waals surface area contributed by atoms with Gasteiger partial charge in [0, 0.05) is 13.1 Å². The van der Waals surface area contributed by atoms with E-state index in [1.54, 1.807) is 0 Å². The summed E-state index contributed by atoms with van der Waals surface area (Å²) in [5, 5.41) is 15.2. The van der Waals surface area contributed by atoms with Gasteiger partial charge in [0.2, 0.25) is 5.89 Å². The maximum atomic E-state index is 5.66. The van der Waals surface area contributed by atoms with E-state index in [0.717, 1.165) is 29.1 Å². The van der Waals surface area contributed by atoms with Crippen LogP contribution in [0.2, 0.25) is 0 Å². The largest absolute Gasteiger partial charge is 0.444 e. The molecule has 0 saturated heterocycles. The lowest BCUT2D eigenvalue weighted by Crippen LogP contribution is -2.44. The van der Waals surface area contributed by atoms with Crippen molar-refractivity contribution < 1.29 is 4.42 Å². The van der Waals surface area contributed by atoms with Crippen LogP contribution in [0.5, 0.6) is 0 Å². The van der Waals surface area contributed by atoms with E-state index in [1.807, 2.05) is 32.4 Å². The van der Waals surface area contributed by atoms with Gasteiger partial charge in [-0.3, -0.25) is 0 Å². The lowest BCUT2D eigenvalue weighted by Gasteiger charge is -2.24. The summed E-state index contributed by atoms with van der Waals surface area (Å²) < 4.78 is 7.62. The number of oxazole rings is 1. The SMILES string of the molecule is Cc1nc(CNC(=NCc2nnc(C)n2C)NC2CCCCC2)oc1C.I. The molecule has 1 saturated carbocycles. The topological polar surface area (TPSA) is 93.2 Å². The summed E-state index contributed by atoms with van der Waals surface area (Å²) in [7, 11) is 1.96. The van der Waals surface area contributed by atoms with Crippen molar-refractivity contribution in [3.8, 4) is 0 Å². The van der Waals surface area contributed by atoms with Gasteiger partial charge in [-0.2, -0.15) is 0 Å². The maximum absolute atomic E-state index is 5.66. The smallest absolute Gasteiger partial charge is 0.214 e. The third-order valence-electron chi connectivity index (χ3n) is 4.99. The van der Waals surface area contributed by atoms with Crippen LogP contribution in [-0.2, 0) is 20.1 Å². The van der Waals surface area contributed by atoms with Crippen LogP contribution in [0.1, 0.15) is 61.1 Å². The van der Waals surface area contributed by atoms with Gasteiger partial charge in [0.05, 0.1) is 12.2 Å². The predicted molar refractivity (Wildman–Crippen MR) is 115 cm³/mol. The second kappa shape index (κ2) is 10.0. The number of hydrogen-bond acceptors (Lipinski definition) is 5. The molecule has 8 nitrogen and oxygen atoms in total. The highest BCUT2D eigenvalue weighted by Crippen LogP contribution is 2.17. The van der Waals surface area contributed by atoms with E-state index in [2.05, 4.69) is 25.8 Å².